The van der Waals surface area contributed by atoms with E-state index in [-0.39, 0.29) is 24.8 Å². The van der Waals surface area contributed by atoms with Crippen molar-refractivity contribution in [3.8, 4) is 0 Å². The summed E-state index contributed by atoms with van der Waals surface area (Å²) in [7, 11) is 0. The number of ketones is 1. The van der Waals surface area contributed by atoms with Gasteiger partial charge in [0, 0.05) is 24.5 Å². The minimum Gasteiger partial charge on any atom is -0.458 e. The second-order valence-electron chi connectivity index (χ2n) is 5.61. The molecule has 0 atom stereocenters. The lowest BCUT2D eigenvalue weighted by molar-refractivity contribution is -0.147. The molecule has 24 heavy (non-hydrogen) atoms. The van der Waals surface area contributed by atoms with E-state index < -0.39 is 0 Å². The second-order valence-corrected chi connectivity index (χ2v) is 5.61. The van der Waals surface area contributed by atoms with E-state index in [9.17, 15) is 9.59 Å². The maximum Gasteiger partial charge on any atom is 0.308 e. The van der Waals surface area contributed by atoms with Crippen LogP contribution in [0.25, 0.3) is 0 Å². The van der Waals surface area contributed by atoms with Crippen molar-refractivity contribution in [2.75, 3.05) is 23.8 Å². The lowest BCUT2D eigenvalue weighted by Crippen LogP contribution is -2.26. The van der Waals surface area contributed by atoms with Crippen LogP contribution in [0.4, 0.5) is 11.4 Å². The van der Waals surface area contributed by atoms with Crippen molar-refractivity contribution in [3.05, 3.63) is 60.2 Å². The average Bonchev–Trinajstić information content (AvgIpc) is 2.58. The lowest BCUT2D eigenvalue weighted by atomic mass is 10.2. The minimum absolute atomic E-state index is 0.164. The van der Waals surface area contributed by atoms with E-state index in [1.165, 1.54) is 6.92 Å². The van der Waals surface area contributed by atoms with Gasteiger partial charge in [-0.05, 0) is 36.8 Å². The zero-order chi connectivity index (χ0) is 17.4. The molecule has 2 N–H and O–H groups in total. The van der Waals surface area contributed by atoms with Gasteiger partial charge < -0.3 is 15.4 Å². The van der Waals surface area contributed by atoms with Crippen LogP contribution in [0.5, 0.6) is 0 Å². The molecule has 5 heteroatoms. The second kappa shape index (κ2) is 8.72. The van der Waals surface area contributed by atoms with Crippen LogP contribution >= 0.6 is 0 Å². The number of anilines is 2. The summed E-state index contributed by atoms with van der Waals surface area (Å²) in [6.45, 7) is 2.39. The third kappa shape index (κ3) is 5.76. The van der Waals surface area contributed by atoms with Crippen LogP contribution < -0.4 is 10.6 Å². The zero-order valence-corrected chi connectivity index (χ0v) is 13.8. The molecule has 0 bridgehead atoms. The number of carbonyl (C=O) groups is 2. The third-order valence-electron chi connectivity index (χ3n) is 3.50. The number of carbonyl (C=O) groups excluding carboxylic acids is 2. The topological polar surface area (TPSA) is 72.6 Å². The standard InChI is InChI=1S/C19H22N2O3/c1-15(22)14-24-19(23)11-12-21(13-16-5-3-2-4-6-16)18-9-7-17(20)8-10-18/h2-10H,11-14,20H2,1H3. The van der Waals surface area contributed by atoms with E-state index >= 15 is 0 Å². The molecule has 0 heterocycles. The Kier molecular flexibility index (Phi) is 6.37. The molecule has 0 aliphatic heterocycles. The quantitative estimate of drug-likeness (QED) is 0.596. The Balaban J connectivity index is 2.03. The molecule has 5 nitrogen and oxygen atoms in total. The molecule has 0 radical (unpaired) electrons. The summed E-state index contributed by atoms with van der Waals surface area (Å²) in [5.41, 5.74) is 8.56. The average molecular weight is 326 g/mol. The van der Waals surface area contributed by atoms with E-state index in [1.807, 2.05) is 54.6 Å². The first-order valence-corrected chi connectivity index (χ1v) is 7.84. The van der Waals surface area contributed by atoms with Crippen molar-refractivity contribution in [1.29, 1.82) is 0 Å². The predicted molar refractivity (Wildman–Crippen MR) is 94.6 cm³/mol. The van der Waals surface area contributed by atoms with Gasteiger partial charge in [-0.3, -0.25) is 9.59 Å². The number of rotatable bonds is 8. The Labute approximate surface area is 142 Å². The Hall–Kier alpha value is -2.82. The first-order valence-electron chi connectivity index (χ1n) is 7.84. The summed E-state index contributed by atoms with van der Waals surface area (Å²) in [4.78, 5) is 24.7. The summed E-state index contributed by atoms with van der Waals surface area (Å²) in [6, 6.07) is 17.5. The highest BCUT2D eigenvalue weighted by Gasteiger charge is 2.11. The Morgan fingerprint density at radius 2 is 1.71 bits per heavy atom. The van der Waals surface area contributed by atoms with Crippen molar-refractivity contribution >= 4 is 23.1 Å². The molecule has 126 valence electrons. The molecule has 2 aromatic carbocycles. The SMILES string of the molecule is CC(=O)COC(=O)CCN(Cc1ccccc1)c1ccc(N)cc1. The van der Waals surface area contributed by atoms with Gasteiger partial charge in [-0.1, -0.05) is 30.3 Å². The van der Waals surface area contributed by atoms with E-state index in [1.54, 1.807) is 0 Å². The smallest absolute Gasteiger partial charge is 0.308 e. The third-order valence-corrected chi connectivity index (χ3v) is 3.50. The van der Waals surface area contributed by atoms with Gasteiger partial charge in [0.15, 0.2) is 5.78 Å². The fourth-order valence-electron chi connectivity index (χ4n) is 2.27. The molecule has 2 aromatic rings. The van der Waals surface area contributed by atoms with Crippen LogP contribution in [0.15, 0.2) is 54.6 Å². The highest BCUT2D eigenvalue weighted by atomic mass is 16.5. The normalized spacial score (nSPS) is 10.2. The largest absolute Gasteiger partial charge is 0.458 e. The molecule has 0 amide bonds. The van der Waals surface area contributed by atoms with Crippen LogP contribution in [0.3, 0.4) is 0 Å². The van der Waals surface area contributed by atoms with Gasteiger partial charge in [-0.25, -0.2) is 0 Å². The molecule has 0 spiro atoms. The van der Waals surface area contributed by atoms with E-state index in [2.05, 4.69) is 4.90 Å². The van der Waals surface area contributed by atoms with Gasteiger partial charge in [-0.2, -0.15) is 0 Å². The molecule has 0 unspecified atom stereocenters. The van der Waals surface area contributed by atoms with Gasteiger partial charge in [0.1, 0.15) is 6.61 Å². The number of hydrogen-bond donors (Lipinski definition) is 1. The fourth-order valence-corrected chi connectivity index (χ4v) is 2.27. The van der Waals surface area contributed by atoms with Crippen molar-refractivity contribution in [2.24, 2.45) is 0 Å². The van der Waals surface area contributed by atoms with Crippen LogP contribution in [-0.4, -0.2) is 24.9 Å². The highest BCUT2D eigenvalue weighted by Crippen LogP contribution is 2.19. The molecule has 0 saturated heterocycles. The number of Topliss-reactive ketones (excluding diaryl/α,β-unsaturated/α-hetero) is 1. The number of ether oxygens (including phenoxy) is 1. The summed E-state index contributed by atoms with van der Waals surface area (Å²) in [6.07, 6.45) is 0.213. The van der Waals surface area contributed by atoms with Gasteiger partial charge in [0.25, 0.3) is 0 Å². The number of hydrogen-bond acceptors (Lipinski definition) is 5. The molecule has 0 aromatic heterocycles. The number of nitrogen functional groups attached to an aromatic ring is 1. The first kappa shape index (κ1) is 17.5. The summed E-state index contributed by atoms with van der Waals surface area (Å²) < 4.78 is 4.92. The van der Waals surface area contributed by atoms with Gasteiger partial charge >= 0.3 is 5.97 Å². The molecule has 0 saturated carbocycles. The summed E-state index contributed by atoms with van der Waals surface area (Å²) in [5.74, 6) is -0.540. The van der Waals surface area contributed by atoms with E-state index in [4.69, 9.17) is 10.5 Å². The van der Waals surface area contributed by atoms with Crippen molar-refractivity contribution < 1.29 is 14.3 Å². The van der Waals surface area contributed by atoms with Crippen LogP contribution in [0.2, 0.25) is 0 Å². The monoisotopic (exact) mass is 326 g/mol. The molecule has 0 aliphatic carbocycles. The van der Waals surface area contributed by atoms with Crippen LogP contribution in [-0.2, 0) is 20.9 Å². The molecular formula is C19H22N2O3. The van der Waals surface area contributed by atoms with Gasteiger partial charge in [0.2, 0.25) is 0 Å². The fraction of sp³-hybridized carbons (Fsp3) is 0.263. The summed E-state index contributed by atoms with van der Waals surface area (Å²) in [5, 5.41) is 0. The predicted octanol–water partition coefficient (Wildman–Crippen LogP) is 2.80. The lowest BCUT2D eigenvalue weighted by Gasteiger charge is -2.25. The maximum atomic E-state index is 11.8. The highest BCUT2D eigenvalue weighted by molar-refractivity contribution is 5.80. The van der Waals surface area contributed by atoms with E-state index in [0.29, 0.717) is 18.8 Å². The Morgan fingerprint density at radius 1 is 1.04 bits per heavy atom. The Bertz CT molecular complexity index is 669. The van der Waals surface area contributed by atoms with E-state index in [0.717, 1.165) is 11.3 Å². The number of nitrogens with two attached hydrogens (primary N) is 1. The first-order chi connectivity index (χ1) is 11.5. The molecule has 0 aliphatic rings. The van der Waals surface area contributed by atoms with Crippen molar-refractivity contribution in [2.45, 2.75) is 19.9 Å². The number of esters is 1. The van der Waals surface area contributed by atoms with Gasteiger partial charge in [-0.15, -0.1) is 0 Å². The zero-order valence-electron chi connectivity index (χ0n) is 13.8. The van der Waals surface area contributed by atoms with Crippen LogP contribution in [0, 0.1) is 0 Å². The maximum absolute atomic E-state index is 11.8. The van der Waals surface area contributed by atoms with Crippen molar-refractivity contribution in [1.82, 2.24) is 0 Å². The number of benzene rings is 2. The minimum atomic E-state index is -0.376. The van der Waals surface area contributed by atoms with Gasteiger partial charge in [0.05, 0.1) is 6.42 Å². The summed E-state index contributed by atoms with van der Waals surface area (Å²) >= 11 is 0. The molecular weight excluding hydrogens is 304 g/mol. The number of nitrogens with zero attached hydrogens (tertiary/aromatic N) is 1. The molecule has 0 fully saturated rings. The van der Waals surface area contributed by atoms with Crippen LogP contribution in [0.1, 0.15) is 18.9 Å². The van der Waals surface area contributed by atoms with Crippen molar-refractivity contribution in [3.63, 3.8) is 0 Å². The molecule has 2 rings (SSSR count). The Morgan fingerprint density at radius 3 is 2.33 bits per heavy atom.